The first kappa shape index (κ1) is 14.7. The summed E-state index contributed by atoms with van der Waals surface area (Å²) in [5.74, 6) is 0. The van der Waals surface area contributed by atoms with Gasteiger partial charge in [-0.05, 0) is 30.2 Å². The molecule has 0 amide bonds. The van der Waals surface area contributed by atoms with Crippen LogP contribution in [0.2, 0.25) is 0 Å². The Morgan fingerprint density at radius 3 is 2.62 bits per heavy atom. The molecule has 0 spiro atoms. The lowest BCUT2D eigenvalue weighted by Crippen LogP contribution is -2.15. The van der Waals surface area contributed by atoms with E-state index < -0.39 is 0 Å². The molecule has 0 aliphatic rings. The average Bonchev–Trinajstić information content (AvgIpc) is 2.95. The maximum atomic E-state index is 12.8. The molecule has 4 rings (SSSR count). The zero-order chi connectivity index (χ0) is 16.5. The summed E-state index contributed by atoms with van der Waals surface area (Å²) >= 11 is 0. The SMILES string of the molecule is CCCc1cc2c(=O)n3ccccc3nc2n1Cc1ccccc1. The van der Waals surface area contributed by atoms with E-state index in [2.05, 4.69) is 23.6 Å². The molecule has 0 aliphatic carbocycles. The average molecular weight is 317 g/mol. The van der Waals surface area contributed by atoms with Crippen molar-refractivity contribution in [1.82, 2.24) is 14.0 Å². The largest absolute Gasteiger partial charge is 0.325 e. The van der Waals surface area contributed by atoms with Crippen molar-refractivity contribution in [2.24, 2.45) is 0 Å². The first-order valence-electron chi connectivity index (χ1n) is 8.31. The minimum absolute atomic E-state index is 0.000218. The first-order chi connectivity index (χ1) is 11.8. The molecule has 24 heavy (non-hydrogen) atoms. The minimum atomic E-state index is -0.000218. The molecule has 4 heteroatoms. The van der Waals surface area contributed by atoms with Gasteiger partial charge in [0.05, 0.1) is 5.39 Å². The van der Waals surface area contributed by atoms with E-state index in [-0.39, 0.29) is 5.56 Å². The second kappa shape index (κ2) is 5.96. The molecule has 0 radical (unpaired) electrons. The van der Waals surface area contributed by atoms with E-state index in [1.807, 2.05) is 42.5 Å². The molecular formula is C20H19N3O. The number of nitrogens with zero attached hydrogens (tertiary/aromatic N) is 3. The highest BCUT2D eigenvalue weighted by Crippen LogP contribution is 2.19. The Balaban J connectivity index is 1.99. The van der Waals surface area contributed by atoms with E-state index in [0.29, 0.717) is 11.0 Å². The van der Waals surface area contributed by atoms with Crippen LogP contribution in [-0.2, 0) is 13.0 Å². The predicted molar refractivity (Wildman–Crippen MR) is 96.5 cm³/mol. The van der Waals surface area contributed by atoms with Crippen molar-refractivity contribution >= 4 is 16.7 Å². The summed E-state index contributed by atoms with van der Waals surface area (Å²) in [4.78, 5) is 17.6. The van der Waals surface area contributed by atoms with Crippen LogP contribution < -0.4 is 5.56 Å². The Labute approximate surface area is 140 Å². The van der Waals surface area contributed by atoms with Crippen LogP contribution in [0.25, 0.3) is 16.7 Å². The molecule has 0 bridgehead atoms. The van der Waals surface area contributed by atoms with Gasteiger partial charge < -0.3 is 4.57 Å². The Morgan fingerprint density at radius 2 is 1.83 bits per heavy atom. The van der Waals surface area contributed by atoms with Crippen molar-refractivity contribution in [3.05, 3.63) is 82.4 Å². The summed E-state index contributed by atoms with van der Waals surface area (Å²) in [6, 6.07) is 18.0. The lowest BCUT2D eigenvalue weighted by molar-refractivity contribution is 0.739. The molecule has 0 fully saturated rings. The van der Waals surface area contributed by atoms with Gasteiger partial charge in [0.15, 0.2) is 0 Å². The third-order valence-electron chi connectivity index (χ3n) is 4.35. The molecule has 0 saturated heterocycles. The predicted octanol–water partition coefficient (Wildman–Crippen LogP) is 3.65. The van der Waals surface area contributed by atoms with E-state index >= 15 is 0 Å². The Morgan fingerprint density at radius 1 is 1.04 bits per heavy atom. The van der Waals surface area contributed by atoms with Gasteiger partial charge in [-0.2, -0.15) is 0 Å². The number of fused-ring (bicyclic) bond motifs is 2. The standard InChI is InChI=1S/C20H19N3O/c1-2-8-16-13-17-19(23(16)14-15-9-4-3-5-10-15)21-18-11-6-7-12-22(18)20(17)24/h3-7,9-13H,2,8,14H2,1H3. The lowest BCUT2D eigenvalue weighted by atomic mass is 10.2. The quantitative estimate of drug-likeness (QED) is 0.576. The van der Waals surface area contributed by atoms with Gasteiger partial charge in [0, 0.05) is 18.4 Å². The van der Waals surface area contributed by atoms with Crippen molar-refractivity contribution in [3.8, 4) is 0 Å². The molecule has 3 heterocycles. The van der Waals surface area contributed by atoms with Gasteiger partial charge in [-0.15, -0.1) is 0 Å². The minimum Gasteiger partial charge on any atom is -0.325 e. The first-order valence-corrected chi connectivity index (χ1v) is 8.31. The maximum absolute atomic E-state index is 12.8. The summed E-state index contributed by atoms with van der Waals surface area (Å²) in [6.07, 6.45) is 3.74. The van der Waals surface area contributed by atoms with E-state index in [0.717, 1.165) is 30.7 Å². The van der Waals surface area contributed by atoms with Crippen LogP contribution in [0.1, 0.15) is 24.6 Å². The Bertz CT molecular complexity index is 1060. The number of aromatic nitrogens is 3. The lowest BCUT2D eigenvalue weighted by Gasteiger charge is -2.10. The second-order valence-electron chi connectivity index (χ2n) is 6.04. The van der Waals surface area contributed by atoms with Crippen LogP contribution in [0.15, 0.2) is 65.6 Å². The van der Waals surface area contributed by atoms with Crippen molar-refractivity contribution in [3.63, 3.8) is 0 Å². The van der Waals surface area contributed by atoms with Crippen molar-refractivity contribution < 1.29 is 0 Å². The number of rotatable bonds is 4. The van der Waals surface area contributed by atoms with E-state index in [1.54, 1.807) is 10.6 Å². The highest BCUT2D eigenvalue weighted by molar-refractivity contribution is 5.78. The number of pyridine rings is 1. The van der Waals surface area contributed by atoms with Crippen LogP contribution in [0.3, 0.4) is 0 Å². The van der Waals surface area contributed by atoms with Crippen LogP contribution in [0, 0.1) is 0 Å². The third-order valence-corrected chi connectivity index (χ3v) is 4.35. The van der Waals surface area contributed by atoms with Crippen LogP contribution in [0.5, 0.6) is 0 Å². The zero-order valence-electron chi connectivity index (χ0n) is 13.6. The van der Waals surface area contributed by atoms with Gasteiger partial charge >= 0.3 is 0 Å². The molecule has 0 aliphatic heterocycles. The molecule has 0 N–H and O–H groups in total. The molecule has 0 atom stereocenters. The Hall–Kier alpha value is -2.88. The van der Waals surface area contributed by atoms with Gasteiger partial charge in [0.1, 0.15) is 11.3 Å². The van der Waals surface area contributed by atoms with Crippen molar-refractivity contribution in [2.75, 3.05) is 0 Å². The topological polar surface area (TPSA) is 39.3 Å². The molecule has 0 unspecified atom stereocenters. The third kappa shape index (κ3) is 2.40. The molecule has 4 aromatic rings. The number of hydrogen-bond acceptors (Lipinski definition) is 2. The zero-order valence-corrected chi connectivity index (χ0v) is 13.6. The van der Waals surface area contributed by atoms with Crippen LogP contribution in [-0.4, -0.2) is 14.0 Å². The molecule has 0 saturated carbocycles. The normalized spacial score (nSPS) is 11.4. The van der Waals surface area contributed by atoms with E-state index in [1.165, 1.54) is 5.56 Å². The number of aryl methyl sites for hydroxylation is 1. The van der Waals surface area contributed by atoms with Gasteiger partial charge in [0.2, 0.25) is 0 Å². The van der Waals surface area contributed by atoms with Crippen molar-refractivity contribution in [1.29, 1.82) is 0 Å². The van der Waals surface area contributed by atoms with Crippen LogP contribution >= 0.6 is 0 Å². The molecule has 1 aromatic carbocycles. The highest BCUT2D eigenvalue weighted by atomic mass is 16.1. The van der Waals surface area contributed by atoms with Gasteiger partial charge in [-0.3, -0.25) is 9.20 Å². The summed E-state index contributed by atoms with van der Waals surface area (Å²) in [5, 5.41) is 0.693. The van der Waals surface area contributed by atoms with Gasteiger partial charge in [-0.25, -0.2) is 4.98 Å². The van der Waals surface area contributed by atoms with E-state index in [9.17, 15) is 4.79 Å². The van der Waals surface area contributed by atoms with Gasteiger partial charge in [0.25, 0.3) is 5.56 Å². The summed E-state index contributed by atoms with van der Waals surface area (Å²) in [6.45, 7) is 2.89. The number of benzene rings is 1. The summed E-state index contributed by atoms with van der Waals surface area (Å²) in [5.41, 5.74) is 3.84. The Kier molecular flexibility index (Phi) is 3.65. The fourth-order valence-electron chi connectivity index (χ4n) is 3.21. The smallest absolute Gasteiger partial charge is 0.267 e. The number of hydrogen-bond donors (Lipinski definition) is 0. The summed E-state index contributed by atoms with van der Waals surface area (Å²) in [7, 11) is 0. The monoisotopic (exact) mass is 317 g/mol. The summed E-state index contributed by atoms with van der Waals surface area (Å²) < 4.78 is 3.80. The maximum Gasteiger partial charge on any atom is 0.267 e. The van der Waals surface area contributed by atoms with Gasteiger partial charge in [-0.1, -0.05) is 49.7 Å². The molecular weight excluding hydrogens is 298 g/mol. The molecule has 4 nitrogen and oxygen atoms in total. The van der Waals surface area contributed by atoms with Crippen LogP contribution in [0.4, 0.5) is 0 Å². The van der Waals surface area contributed by atoms with E-state index in [4.69, 9.17) is 4.98 Å². The fraction of sp³-hybridized carbons (Fsp3) is 0.200. The fourth-order valence-corrected chi connectivity index (χ4v) is 3.21. The highest BCUT2D eigenvalue weighted by Gasteiger charge is 2.14. The van der Waals surface area contributed by atoms with Crippen molar-refractivity contribution in [2.45, 2.75) is 26.3 Å². The molecule has 3 aromatic heterocycles. The second-order valence-corrected chi connectivity index (χ2v) is 6.04. The molecule has 120 valence electrons.